The van der Waals surface area contributed by atoms with E-state index < -0.39 is 23.6 Å². The molecule has 1 aliphatic heterocycles. The van der Waals surface area contributed by atoms with Gasteiger partial charge in [0, 0.05) is 18.1 Å². The summed E-state index contributed by atoms with van der Waals surface area (Å²) in [6, 6.07) is -1.56. The number of nitrogens with zero attached hydrogens (tertiary/aromatic N) is 1. The number of nitrogens with one attached hydrogen (secondary N) is 1. The lowest BCUT2D eigenvalue weighted by Gasteiger charge is -2.20. The van der Waals surface area contributed by atoms with Crippen molar-refractivity contribution in [2.75, 3.05) is 23.9 Å². The molecule has 0 saturated carbocycles. The van der Waals surface area contributed by atoms with Crippen LogP contribution in [0.2, 0.25) is 0 Å². The first-order valence-corrected chi connectivity index (χ1v) is 7.01. The molecule has 1 rings (SSSR count). The lowest BCUT2D eigenvalue weighted by atomic mass is 10.3. The van der Waals surface area contributed by atoms with Crippen molar-refractivity contribution in [1.29, 1.82) is 0 Å². The number of rotatable bonds is 4. The zero-order valence-corrected chi connectivity index (χ0v) is 10.7. The zero-order valence-electron chi connectivity index (χ0n) is 9.07. The van der Waals surface area contributed by atoms with Crippen LogP contribution in [0.15, 0.2) is 0 Å². The average molecular weight is 304 g/mol. The molecule has 104 valence electrons. The maximum absolute atomic E-state index is 11.8. The van der Waals surface area contributed by atoms with Crippen molar-refractivity contribution >= 4 is 35.5 Å². The van der Waals surface area contributed by atoms with Crippen molar-refractivity contribution in [2.45, 2.75) is 11.6 Å². The highest BCUT2D eigenvalue weighted by Crippen LogP contribution is 2.29. The van der Waals surface area contributed by atoms with Crippen molar-refractivity contribution in [3.8, 4) is 0 Å². The van der Waals surface area contributed by atoms with Crippen LogP contribution in [-0.4, -0.2) is 57.5 Å². The first-order valence-electron chi connectivity index (χ1n) is 4.87. The van der Waals surface area contributed by atoms with Gasteiger partial charge in [0.05, 0.1) is 5.88 Å². The van der Waals surface area contributed by atoms with Crippen molar-refractivity contribution in [3.63, 3.8) is 0 Å². The van der Waals surface area contributed by atoms with E-state index in [0.29, 0.717) is 5.75 Å². The van der Waals surface area contributed by atoms with Gasteiger partial charge in [-0.25, -0.2) is 9.59 Å². The number of hydrogen-bond donors (Lipinski definition) is 2. The molecule has 1 atom stereocenters. The fourth-order valence-electron chi connectivity index (χ4n) is 1.27. The Labute approximate surface area is 109 Å². The molecular weight excluding hydrogens is 293 g/mol. The maximum atomic E-state index is 11.8. The molecule has 0 unspecified atom stereocenters. The number of carboxylic acids is 1. The number of amides is 2. The number of thioether (sulfide) groups is 2. The van der Waals surface area contributed by atoms with Gasteiger partial charge in [-0.05, 0) is 11.8 Å². The van der Waals surface area contributed by atoms with Crippen LogP contribution in [0.1, 0.15) is 0 Å². The lowest BCUT2D eigenvalue weighted by molar-refractivity contribution is -0.140. The first kappa shape index (κ1) is 15.3. The number of hydrogen-bond acceptors (Lipinski definition) is 4. The standard InChI is InChI=1S/C8H11F3N2O3S2/c9-8(10,11)18-2-1-12-7(16)13-4-17-3-5(13)6(14)15/h5H,1-4H2,(H,12,16)(H,14,15)/t5-/m0/s1. The van der Waals surface area contributed by atoms with Gasteiger partial charge >= 0.3 is 17.5 Å². The van der Waals surface area contributed by atoms with E-state index in [1.165, 1.54) is 11.8 Å². The number of carboxylic acid groups (broad SMARTS) is 1. The van der Waals surface area contributed by atoms with E-state index in [2.05, 4.69) is 5.32 Å². The largest absolute Gasteiger partial charge is 0.480 e. The number of aliphatic carboxylic acids is 1. The van der Waals surface area contributed by atoms with Gasteiger partial charge in [0.15, 0.2) is 0 Å². The number of alkyl halides is 3. The van der Waals surface area contributed by atoms with E-state index in [1.54, 1.807) is 0 Å². The number of carbonyl (C=O) groups is 2. The molecule has 0 bridgehead atoms. The molecule has 0 spiro atoms. The van der Waals surface area contributed by atoms with Gasteiger partial charge in [-0.15, -0.1) is 11.8 Å². The highest BCUT2D eigenvalue weighted by Gasteiger charge is 2.34. The van der Waals surface area contributed by atoms with Crippen LogP contribution < -0.4 is 5.32 Å². The van der Waals surface area contributed by atoms with Crippen molar-refractivity contribution in [3.05, 3.63) is 0 Å². The summed E-state index contributed by atoms with van der Waals surface area (Å²) in [5.74, 6) is -0.886. The van der Waals surface area contributed by atoms with Gasteiger partial charge in [0.1, 0.15) is 6.04 Å². The molecule has 1 fully saturated rings. The summed E-state index contributed by atoms with van der Waals surface area (Å²) in [5, 5.41) is 11.1. The summed E-state index contributed by atoms with van der Waals surface area (Å²) in [4.78, 5) is 23.4. The van der Waals surface area contributed by atoms with E-state index in [-0.39, 0.29) is 29.9 Å². The first-order chi connectivity index (χ1) is 8.31. The van der Waals surface area contributed by atoms with E-state index >= 15 is 0 Å². The fraction of sp³-hybridized carbons (Fsp3) is 0.750. The lowest BCUT2D eigenvalue weighted by Crippen LogP contribution is -2.47. The van der Waals surface area contributed by atoms with Gasteiger partial charge in [-0.2, -0.15) is 13.2 Å². The van der Waals surface area contributed by atoms with Crippen LogP contribution in [-0.2, 0) is 4.79 Å². The summed E-state index contributed by atoms with van der Waals surface area (Å²) >= 11 is 1.06. The molecule has 18 heavy (non-hydrogen) atoms. The summed E-state index contributed by atoms with van der Waals surface area (Å²) in [5.41, 5.74) is -4.32. The third kappa shape index (κ3) is 4.84. The molecule has 5 nitrogen and oxygen atoms in total. The van der Waals surface area contributed by atoms with Gasteiger partial charge < -0.3 is 15.3 Å². The van der Waals surface area contributed by atoms with Gasteiger partial charge in [0.25, 0.3) is 0 Å². The third-order valence-corrected chi connectivity index (χ3v) is 3.82. The maximum Gasteiger partial charge on any atom is 0.441 e. The Morgan fingerprint density at radius 3 is 2.72 bits per heavy atom. The van der Waals surface area contributed by atoms with E-state index in [0.717, 1.165) is 4.90 Å². The van der Waals surface area contributed by atoms with Gasteiger partial charge in [-0.1, -0.05) is 0 Å². The van der Waals surface area contributed by atoms with Crippen LogP contribution in [0.5, 0.6) is 0 Å². The Balaban J connectivity index is 2.30. The molecule has 1 heterocycles. The Morgan fingerprint density at radius 1 is 1.50 bits per heavy atom. The predicted molar refractivity (Wildman–Crippen MR) is 62.5 cm³/mol. The second-order valence-electron chi connectivity index (χ2n) is 3.35. The molecule has 2 amide bonds. The van der Waals surface area contributed by atoms with Crippen molar-refractivity contribution in [1.82, 2.24) is 10.2 Å². The molecule has 1 saturated heterocycles. The number of halogens is 3. The smallest absolute Gasteiger partial charge is 0.441 e. The molecule has 10 heteroatoms. The Hall–Kier alpha value is -0.770. The highest BCUT2D eigenvalue weighted by molar-refractivity contribution is 8.00. The SMILES string of the molecule is O=C(O)[C@@H]1CSCN1C(=O)NCCSC(F)(F)F. The minimum Gasteiger partial charge on any atom is -0.480 e. The number of urea groups is 1. The summed E-state index contributed by atoms with van der Waals surface area (Å²) in [6.07, 6.45) is 0. The summed E-state index contributed by atoms with van der Waals surface area (Å²) in [6.45, 7) is -0.156. The Bertz CT molecular complexity index is 327. The fourth-order valence-corrected chi connectivity index (χ4v) is 2.85. The summed E-state index contributed by atoms with van der Waals surface area (Å²) in [7, 11) is 0. The molecule has 0 aromatic rings. The molecule has 2 N–H and O–H groups in total. The normalized spacial score (nSPS) is 19.9. The topological polar surface area (TPSA) is 69.6 Å². The van der Waals surface area contributed by atoms with E-state index in [9.17, 15) is 22.8 Å². The molecule has 0 aromatic carbocycles. The van der Waals surface area contributed by atoms with E-state index in [1.807, 2.05) is 0 Å². The second kappa shape index (κ2) is 6.41. The second-order valence-corrected chi connectivity index (χ2v) is 5.51. The van der Waals surface area contributed by atoms with Gasteiger partial charge in [-0.3, -0.25) is 0 Å². The van der Waals surface area contributed by atoms with E-state index in [4.69, 9.17) is 5.11 Å². The van der Waals surface area contributed by atoms with Crippen molar-refractivity contribution < 1.29 is 27.9 Å². The molecule has 0 aromatic heterocycles. The van der Waals surface area contributed by atoms with Crippen LogP contribution >= 0.6 is 23.5 Å². The summed E-state index contributed by atoms with van der Waals surface area (Å²) < 4.78 is 35.4. The molecular formula is C8H11F3N2O3S2. The third-order valence-electron chi connectivity index (χ3n) is 2.07. The molecule has 0 radical (unpaired) electrons. The van der Waals surface area contributed by atoms with Crippen molar-refractivity contribution in [2.24, 2.45) is 0 Å². The van der Waals surface area contributed by atoms with Crippen LogP contribution in [0.4, 0.5) is 18.0 Å². The zero-order chi connectivity index (χ0) is 13.8. The van der Waals surface area contributed by atoms with Crippen LogP contribution in [0.3, 0.4) is 0 Å². The number of carbonyl (C=O) groups excluding carboxylic acids is 1. The molecule has 1 aliphatic rings. The Kier molecular flexibility index (Phi) is 5.45. The van der Waals surface area contributed by atoms with Crippen LogP contribution in [0, 0.1) is 0 Å². The van der Waals surface area contributed by atoms with Gasteiger partial charge in [0.2, 0.25) is 0 Å². The monoisotopic (exact) mass is 304 g/mol. The average Bonchev–Trinajstić information content (AvgIpc) is 2.71. The quantitative estimate of drug-likeness (QED) is 0.769. The van der Waals surface area contributed by atoms with Crippen LogP contribution in [0.25, 0.3) is 0 Å². The molecule has 0 aliphatic carbocycles. The highest BCUT2D eigenvalue weighted by atomic mass is 32.2. The Morgan fingerprint density at radius 2 is 2.17 bits per heavy atom. The minimum atomic E-state index is -4.32. The predicted octanol–water partition coefficient (Wildman–Crippen LogP) is 1.41. The minimum absolute atomic E-state index is 0.156.